The molecule has 4 saturated heterocycles. The van der Waals surface area contributed by atoms with Crippen molar-refractivity contribution in [2.75, 3.05) is 59.1 Å². The summed E-state index contributed by atoms with van der Waals surface area (Å²) in [5.74, 6) is 2.08. The molecule has 0 saturated carbocycles. The van der Waals surface area contributed by atoms with Crippen LogP contribution in [0.2, 0.25) is 0 Å². The van der Waals surface area contributed by atoms with Gasteiger partial charge in [-0.2, -0.15) is 38.7 Å². The van der Waals surface area contributed by atoms with Gasteiger partial charge < -0.3 is 38.9 Å². The number of nitrogens with one attached hydrogen (secondary N) is 8. The highest BCUT2D eigenvalue weighted by atomic mass is 32.2. The molecule has 16 aromatic rings. The van der Waals surface area contributed by atoms with E-state index in [2.05, 4.69) is 80.2 Å². The highest BCUT2D eigenvalue weighted by Crippen LogP contribution is 2.34. The molecule has 0 aliphatic carbocycles. The Hall–Kier alpha value is -13.0. The summed E-state index contributed by atoms with van der Waals surface area (Å²) in [6, 6.07) is 39.8. The molecular formula is C87H87F3N20O10S. The van der Waals surface area contributed by atoms with Gasteiger partial charge in [0.05, 0.1) is 38.4 Å². The number of imidazole rings is 4. The Kier molecular flexibility index (Phi) is 23.8. The fourth-order valence-corrected chi connectivity index (χ4v) is 16.7. The zero-order valence-corrected chi connectivity index (χ0v) is 66.8. The average Bonchev–Trinajstić information content (AvgIpc) is 1.64. The summed E-state index contributed by atoms with van der Waals surface area (Å²) < 4.78 is 91.9. The highest BCUT2D eigenvalue weighted by Gasteiger charge is 2.31. The number of sulfone groups is 1. The Balaban J connectivity index is 0.000000115. The fraction of sp³-hybridized carbons (Fsp3) is 0.310. The lowest BCUT2D eigenvalue weighted by atomic mass is 9.87. The Morgan fingerprint density at radius 2 is 0.711 bits per heavy atom. The first-order chi connectivity index (χ1) is 59.0. The largest absolute Gasteiger partial charge is 0.381 e. The van der Waals surface area contributed by atoms with Gasteiger partial charge in [-0.05, 0) is 222 Å². The molecule has 34 heteroatoms. The molecule has 0 amide bonds. The predicted molar refractivity (Wildman–Crippen MR) is 447 cm³/mol. The van der Waals surface area contributed by atoms with Gasteiger partial charge in [0.1, 0.15) is 17.5 Å². The summed E-state index contributed by atoms with van der Waals surface area (Å²) in [4.78, 5) is 101. The van der Waals surface area contributed by atoms with E-state index >= 15 is 0 Å². The van der Waals surface area contributed by atoms with Crippen LogP contribution in [0.25, 0.3) is 91.0 Å². The second kappa shape index (κ2) is 35.9. The van der Waals surface area contributed by atoms with Crippen molar-refractivity contribution in [3.05, 3.63) is 274 Å². The second-order valence-electron chi connectivity index (χ2n) is 30.6. The number of aromatic amines is 8. The van der Waals surface area contributed by atoms with Gasteiger partial charge in [0.2, 0.25) is 23.8 Å². The molecule has 4 aromatic carbocycles. The van der Waals surface area contributed by atoms with E-state index in [1.165, 1.54) is 62.6 Å². The van der Waals surface area contributed by atoms with Gasteiger partial charge in [-0.25, -0.2) is 41.5 Å². The van der Waals surface area contributed by atoms with Gasteiger partial charge in [0.15, 0.2) is 32.4 Å². The van der Waals surface area contributed by atoms with Crippen LogP contribution in [-0.2, 0) is 67.3 Å². The molecule has 4 aliphatic rings. The number of rotatable bonds is 19. The van der Waals surface area contributed by atoms with Crippen molar-refractivity contribution < 1.29 is 40.5 Å². The number of fused-ring (bicyclic) bond motifs is 4. The third-order valence-electron chi connectivity index (χ3n) is 22.6. The van der Waals surface area contributed by atoms with E-state index in [1.54, 1.807) is 90.1 Å². The monoisotopic (exact) mass is 1660 g/mol. The third-order valence-corrected chi connectivity index (χ3v) is 23.7. The lowest BCUT2D eigenvalue weighted by Crippen LogP contribution is -2.24. The summed E-state index contributed by atoms with van der Waals surface area (Å²) in [6.45, 7) is 5.84. The molecular weight excluding hydrogens is 1570 g/mol. The average molecular weight is 1660 g/mol. The van der Waals surface area contributed by atoms with E-state index in [1.807, 2.05) is 36.4 Å². The number of hydrogen-bond acceptors (Lipinski definition) is 18. The number of H-pyrrole nitrogens is 8. The minimum absolute atomic E-state index is 0.00737. The molecule has 8 N–H and O–H groups in total. The van der Waals surface area contributed by atoms with Crippen LogP contribution in [0.3, 0.4) is 0 Å². The maximum absolute atomic E-state index is 13.5. The lowest BCUT2D eigenvalue weighted by Gasteiger charge is -2.24. The number of ether oxygens (including phenoxy) is 4. The number of hydrogen-bond donors (Lipinski definition) is 8. The van der Waals surface area contributed by atoms with E-state index < -0.39 is 9.84 Å². The zero-order chi connectivity index (χ0) is 83.1. The van der Waals surface area contributed by atoms with Gasteiger partial charge >= 0.3 is 0 Å². The smallest absolute Gasteiger partial charge is 0.277 e. The number of pyridine rings is 4. The summed E-state index contributed by atoms with van der Waals surface area (Å²) in [6.07, 6.45) is 18.7. The second-order valence-corrected chi connectivity index (χ2v) is 32.6. The van der Waals surface area contributed by atoms with Gasteiger partial charge in [0, 0.05) is 141 Å². The summed E-state index contributed by atoms with van der Waals surface area (Å²) in [7, 11) is -3.44. The first-order valence-electron chi connectivity index (χ1n) is 40.4. The third kappa shape index (κ3) is 18.1. The normalized spacial score (nSPS) is 15.2. The molecule has 4 fully saturated rings. The molecule has 0 bridgehead atoms. The Morgan fingerprint density at radius 3 is 1.12 bits per heavy atom. The number of aromatic nitrogens is 20. The van der Waals surface area contributed by atoms with Gasteiger partial charge in [-0.15, -0.1) is 0 Å². The molecule has 4 aliphatic heterocycles. The van der Waals surface area contributed by atoms with Crippen molar-refractivity contribution in [3.8, 4) is 46.3 Å². The Morgan fingerprint density at radius 1 is 0.372 bits per heavy atom. The lowest BCUT2D eigenvalue weighted by molar-refractivity contribution is 0.0660. The SMILES string of the molecule is CS(=O)(=O)c1cccc(-c2[nH]n(-c3nc4ncccc4[nH]3)c(=O)c2CCc2ccc(F)cc2)c1.O=c1c(CC2CCOCC2)c(-c2ccc(F)cc2)[nH]n1-c1nc2ncccc2[nH]1.O=c1c(CC2CCOCC2)c(C2CCOCC2)[nH]n1-c1nc2ncccc2[nH]1.O=c1c(CCc2ccc(F)cc2)c(C2CCOCC2)[nH]n1-c1nc2ncccc2[nH]1. The van der Waals surface area contributed by atoms with Crippen LogP contribution in [0.4, 0.5) is 13.2 Å². The summed E-state index contributed by atoms with van der Waals surface area (Å²) in [5.41, 5.74) is 13.7. The molecule has 121 heavy (non-hydrogen) atoms. The van der Waals surface area contributed by atoms with Gasteiger partial charge in [-0.1, -0.05) is 36.4 Å². The summed E-state index contributed by atoms with van der Waals surface area (Å²) in [5, 5.41) is 13.0. The van der Waals surface area contributed by atoms with E-state index in [0.29, 0.717) is 150 Å². The van der Waals surface area contributed by atoms with Crippen LogP contribution in [0, 0.1) is 29.3 Å². The fourth-order valence-electron chi connectivity index (χ4n) is 16.1. The molecule has 0 unspecified atom stereocenters. The number of halogens is 3. The molecule has 0 atom stereocenters. The van der Waals surface area contributed by atoms with E-state index in [0.717, 1.165) is 146 Å². The molecule has 12 aromatic heterocycles. The minimum Gasteiger partial charge on any atom is -0.381 e. The molecule has 30 nitrogen and oxygen atoms in total. The molecule has 622 valence electrons. The molecule has 0 radical (unpaired) electrons. The maximum atomic E-state index is 13.5. The Bertz CT molecular complexity index is 6560. The quantitative estimate of drug-likeness (QED) is 0.0373. The van der Waals surface area contributed by atoms with Gasteiger partial charge in [-0.3, -0.25) is 39.6 Å². The standard InChI is InChI=1S/C24H20FN5O3S.C22H22FN5O2.C21H20FN5O2.C20H25N5O3/c1-34(32,33)18-5-2-4-16(14-18)21-19(12-9-15-7-10-17(25)11-8-15)23(31)30(29-21)24-27-20-6-3-13-26-22(20)28-24;23-16-6-3-14(4-7-16)5-8-17-19(15-9-12-30-13-10-15)27-28(21(17)29)22-25-18-2-1-11-24-20(18)26-22;22-15-5-3-14(4-6-15)18-16(12-13-7-10-29-11-8-13)20(28)27(26-18)21-24-17-2-1-9-23-19(17)25-21;26-19-15(12-13-3-8-27-9-4-13)17(14-5-10-28-11-6-14)24-25(19)20-22-16-2-1-7-21-18(16)23-20/h2-8,10-11,13-14,29H,9,12H2,1H3,(H,26,27,28);1-4,6-7,11,15,27H,5,8-10,12-13H2,(H,24,25,26);1-6,9,13,26H,7-8,10-12H2,(H,23,24,25);1-2,7,13-14,24H,3-6,8-12H2,(H,21,22,23). The van der Waals surface area contributed by atoms with Crippen LogP contribution in [0.15, 0.2) is 194 Å². The van der Waals surface area contributed by atoms with Crippen molar-refractivity contribution in [3.63, 3.8) is 0 Å². The topological polar surface area (TPSA) is 388 Å². The Labute approximate surface area is 688 Å². The zero-order valence-electron chi connectivity index (χ0n) is 66.0. The van der Waals surface area contributed by atoms with Crippen molar-refractivity contribution in [1.29, 1.82) is 0 Å². The van der Waals surface area contributed by atoms with Crippen molar-refractivity contribution in [1.82, 2.24) is 98.9 Å². The number of nitrogens with zero attached hydrogens (tertiary/aromatic N) is 12. The molecule has 0 spiro atoms. The highest BCUT2D eigenvalue weighted by molar-refractivity contribution is 7.90. The predicted octanol–water partition coefficient (Wildman–Crippen LogP) is 12.2. The van der Waals surface area contributed by atoms with Crippen LogP contribution < -0.4 is 22.2 Å². The van der Waals surface area contributed by atoms with E-state index in [9.17, 15) is 40.8 Å². The summed E-state index contributed by atoms with van der Waals surface area (Å²) >= 11 is 0. The van der Waals surface area contributed by atoms with Crippen molar-refractivity contribution >= 4 is 54.5 Å². The molecule has 20 rings (SSSR count). The first-order valence-corrected chi connectivity index (χ1v) is 42.3. The van der Waals surface area contributed by atoms with Crippen LogP contribution in [0.1, 0.15) is 108 Å². The molecule has 16 heterocycles. The van der Waals surface area contributed by atoms with Gasteiger partial charge in [0.25, 0.3) is 22.2 Å². The van der Waals surface area contributed by atoms with E-state index in [-0.39, 0.29) is 56.5 Å². The van der Waals surface area contributed by atoms with Crippen LogP contribution >= 0.6 is 0 Å². The van der Waals surface area contributed by atoms with Crippen LogP contribution in [-0.4, -0.2) is 166 Å². The van der Waals surface area contributed by atoms with Crippen molar-refractivity contribution in [2.45, 2.75) is 107 Å². The maximum Gasteiger partial charge on any atom is 0.277 e. The minimum atomic E-state index is -3.44. The van der Waals surface area contributed by atoms with Crippen molar-refractivity contribution in [2.24, 2.45) is 11.8 Å². The first kappa shape index (κ1) is 80.4. The van der Waals surface area contributed by atoms with Crippen LogP contribution in [0.5, 0.6) is 0 Å². The number of aryl methyl sites for hydroxylation is 2. The number of benzene rings is 4. The van der Waals surface area contributed by atoms with E-state index in [4.69, 9.17) is 18.9 Å².